The zero-order chi connectivity index (χ0) is 13.4. The minimum absolute atomic E-state index is 0.119. The van der Waals surface area contributed by atoms with E-state index in [0.29, 0.717) is 24.0 Å². The number of carbonyl (C=O) groups is 1. The van der Waals surface area contributed by atoms with Crippen LogP contribution in [0.25, 0.3) is 0 Å². The Hall–Kier alpha value is -0.260. The topological polar surface area (TPSA) is 58.6 Å². The Morgan fingerprint density at radius 3 is 2.72 bits per heavy atom. The van der Waals surface area contributed by atoms with Crippen molar-refractivity contribution in [2.24, 2.45) is 5.92 Å². The maximum Gasteiger partial charge on any atom is 0.327 e. The fraction of sp³-hybridized carbons (Fsp3) is 0.923. The molecule has 0 aromatic heterocycles. The number of hydrogen-bond donors (Lipinski definition) is 2. The first-order valence-electron chi connectivity index (χ1n) is 6.82. The number of ether oxygens (including phenoxy) is 1. The van der Waals surface area contributed by atoms with Gasteiger partial charge in [-0.1, -0.05) is 6.92 Å². The predicted octanol–water partition coefficient (Wildman–Crippen LogP) is 1.42. The van der Waals surface area contributed by atoms with Crippen molar-refractivity contribution < 1.29 is 14.6 Å². The summed E-state index contributed by atoms with van der Waals surface area (Å²) in [5.74, 6) is 1.64. The van der Waals surface area contributed by atoms with Gasteiger partial charge in [0.25, 0.3) is 0 Å². The minimum atomic E-state index is -0.536. The van der Waals surface area contributed by atoms with Crippen LogP contribution < -0.4 is 5.32 Å². The van der Waals surface area contributed by atoms with Gasteiger partial charge in [-0.25, -0.2) is 0 Å². The summed E-state index contributed by atoms with van der Waals surface area (Å²) < 4.78 is 5.26. The molecule has 5 heteroatoms. The number of carbonyl (C=O) groups excluding carboxylic acids is 1. The molecule has 0 radical (unpaired) electrons. The van der Waals surface area contributed by atoms with Crippen molar-refractivity contribution in [3.63, 3.8) is 0 Å². The van der Waals surface area contributed by atoms with Gasteiger partial charge in [0.2, 0.25) is 0 Å². The molecule has 0 aromatic carbocycles. The van der Waals surface area contributed by atoms with Gasteiger partial charge in [-0.15, -0.1) is 0 Å². The lowest BCUT2D eigenvalue weighted by atomic mass is 9.95. The van der Waals surface area contributed by atoms with E-state index in [1.807, 2.05) is 6.92 Å². The Balaban J connectivity index is 2.69. The van der Waals surface area contributed by atoms with E-state index in [1.165, 1.54) is 0 Å². The van der Waals surface area contributed by atoms with E-state index in [0.717, 1.165) is 25.8 Å². The molecule has 1 fully saturated rings. The van der Waals surface area contributed by atoms with Crippen LogP contribution in [0.2, 0.25) is 0 Å². The van der Waals surface area contributed by atoms with Crippen LogP contribution >= 0.6 is 11.8 Å². The first-order chi connectivity index (χ1) is 8.71. The summed E-state index contributed by atoms with van der Waals surface area (Å²) >= 11 is 1.62. The summed E-state index contributed by atoms with van der Waals surface area (Å²) in [7, 11) is 0. The van der Waals surface area contributed by atoms with Crippen LogP contribution in [-0.4, -0.2) is 47.9 Å². The number of rotatable bonds is 10. The third-order valence-corrected chi connectivity index (χ3v) is 4.30. The van der Waals surface area contributed by atoms with Gasteiger partial charge in [-0.2, -0.15) is 11.8 Å². The lowest BCUT2D eigenvalue weighted by Gasteiger charge is -2.32. The van der Waals surface area contributed by atoms with Crippen molar-refractivity contribution in [1.29, 1.82) is 0 Å². The molecule has 1 rings (SSSR count). The molecule has 4 nitrogen and oxygen atoms in total. The summed E-state index contributed by atoms with van der Waals surface area (Å²) in [5.41, 5.74) is -0.536. The van der Waals surface area contributed by atoms with Crippen molar-refractivity contribution in [2.45, 2.75) is 38.6 Å². The summed E-state index contributed by atoms with van der Waals surface area (Å²) in [6, 6.07) is 0. The molecule has 0 spiro atoms. The molecule has 0 bridgehead atoms. The third-order valence-electron chi connectivity index (χ3n) is 3.17. The van der Waals surface area contributed by atoms with Crippen LogP contribution in [0.15, 0.2) is 0 Å². The number of thioether (sulfide) groups is 1. The molecule has 1 unspecified atom stereocenters. The number of aliphatic hydroxyl groups is 1. The van der Waals surface area contributed by atoms with E-state index < -0.39 is 5.54 Å². The second-order valence-electron chi connectivity index (χ2n) is 4.67. The summed E-state index contributed by atoms with van der Waals surface area (Å²) in [6.45, 7) is 5.34. The minimum Gasteiger partial charge on any atom is -0.465 e. The Kier molecular flexibility index (Phi) is 7.04. The molecule has 0 heterocycles. The van der Waals surface area contributed by atoms with Gasteiger partial charge in [0.15, 0.2) is 0 Å². The van der Waals surface area contributed by atoms with Crippen LogP contribution in [0.5, 0.6) is 0 Å². The fourth-order valence-electron chi connectivity index (χ4n) is 2.09. The quantitative estimate of drug-likeness (QED) is 0.466. The average Bonchev–Trinajstić information content (AvgIpc) is 3.18. The van der Waals surface area contributed by atoms with Crippen molar-refractivity contribution in [3.05, 3.63) is 0 Å². The average molecular weight is 275 g/mol. The van der Waals surface area contributed by atoms with Gasteiger partial charge in [0, 0.05) is 11.5 Å². The second kappa shape index (κ2) is 8.02. The van der Waals surface area contributed by atoms with Crippen LogP contribution in [0.3, 0.4) is 0 Å². The highest BCUT2D eigenvalue weighted by Gasteiger charge is 2.51. The zero-order valence-electron chi connectivity index (χ0n) is 11.4. The maximum absolute atomic E-state index is 12.3. The standard InChI is InChI=1S/C13H25NO3S/c1-3-7-14-13(11-5-6-11,10-18-9-8-15)12(16)17-4-2/h11,14-15H,3-10H2,1-2H3. The maximum atomic E-state index is 12.3. The zero-order valence-corrected chi connectivity index (χ0v) is 12.2. The molecule has 0 aliphatic heterocycles. The van der Waals surface area contributed by atoms with Crippen molar-refractivity contribution in [2.75, 3.05) is 31.3 Å². The molecule has 2 N–H and O–H groups in total. The molecule has 1 atom stereocenters. The highest BCUT2D eigenvalue weighted by atomic mass is 32.2. The fourth-order valence-corrected chi connectivity index (χ4v) is 3.14. The number of esters is 1. The number of hydrogen-bond acceptors (Lipinski definition) is 5. The first-order valence-corrected chi connectivity index (χ1v) is 7.97. The SMILES string of the molecule is CCCNC(CSCCO)(C(=O)OCC)C1CC1. The molecule has 0 saturated heterocycles. The van der Waals surface area contributed by atoms with Gasteiger partial charge in [0.1, 0.15) is 5.54 Å². The van der Waals surface area contributed by atoms with E-state index in [2.05, 4.69) is 12.2 Å². The van der Waals surface area contributed by atoms with Crippen LogP contribution in [0.1, 0.15) is 33.1 Å². The van der Waals surface area contributed by atoms with Gasteiger partial charge in [-0.3, -0.25) is 4.79 Å². The van der Waals surface area contributed by atoms with Gasteiger partial charge < -0.3 is 15.2 Å². The van der Waals surface area contributed by atoms with Crippen LogP contribution in [0.4, 0.5) is 0 Å². The molecular formula is C13H25NO3S. The molecule has 18 heavy (non-hydrogen) atoms. The highest BCUT2D eigenvalue weighted by Crippen LogP contribution is 2.42. The molecule has 1 saturated carbocycles. The van der Waals surface area contributed by atoms with Crippen molar-refractivity contribution in [1.82, 2.24) is 5.32 Å². The Morgan fingerprint density at radius 1 is 1.50 bits per heavy atom. The Labute approximate surface area is 114 Å². The highest BCUT2D eigenvalue weighted by molar-refractivity contribution is 7.99. The first kappa shape index (κ1) is 15.8. The summed E-state index contributed by atoms with van der Waals surface area (Å²) in [6.07, 6.45) is 3.18. The number of nitrogens with one attached hydrogen (secondary N) is 1. The second-order valence-corrected chi connectivity index (χ2v) is 5.77. The molecule has 106 valence electrons. The molecule has 1 aliphatic rings. The number of aliphatic hydroxyl groups excluding tert-OH is 1. The van der Waals surface area contributed by atoms with Crippen LogP contribution in [-0.2, 0) is 9.53 Å². The summed E-state index contributed by atoms with van der Waals surface area (Å²) in [4.78, 5) is 12.3. The van der Waals surface area contributed by atoms with Crippen LogP contribution in [0, 0.1) is 5.92 Å². The van der Waals surface area contributed by atoms with Crippen molar-refractivity contribution in [3.8, 4) is 0 Å². The summed E-state index contributed by atoms with van der Waals surface area (Å²) in [5, 5.41) is 12.3. The van der Waals surface area contributed by atoms with Gasteiger partial charge in [0.05, 0.1) is 13.2 Å². The van der Waals surface area contributed by atoms with Gasteiger partial charge >= 0.3 is 5.97 Å². The predicted molar refractivity (Wildman–Crippen MR) is 74.8 cm³/mol. The van der Waals surface area contributed by atoms with E-state index >= 15 is 0 Å². The largest absolute Gasteiger partial charge is 0.465 e. The van der Waals surface area contributed by atoms with Gasteiger partial charge in [-0.05, 0) is 38.6 Å². The van der Waals surface area contributed by atoms with E-state index in [1.54, 1.807) is 11.8 Å². The molecular weight excluding hydrogens is 250 g/mol. The monoisotopic (exact) mass is 275 g/mol. The normalized spacial score (nSPS) is 18.4. The Bertz CT molecular complexity index is 259. The van der Waals surface area contributed by atoms with E-state index in [-0.39, 0.29) is 12.6 Å². The lowest BCUT2D eigenvalue weighted by molar-refractivity contribution is -0.151. The Morgan fingerprint density at radius 2 is 2.22 bits per heavy atom. The lowest BCUT2D eigenvalue weighted by Crippen LogP contribution is -2.57. The molecule has 0 aromatic rings. The molecule has 1 aliphatic carbocycles. The van der Waals surface area contributed by atoms with E-state index in [4.69, 9.17) is 9.84 Å². The third kappa shape index (κ3) is 4.14. The smallest absolute Gasteiger partial charge is 0.327 e. The molecule has 0 amide bonds. The van der Waals surface area contributed by atoms with E-state index in [9.17, 15) is 4.79 Å². The van der Waals surface area contributed by atoms with Crippen molar-refractivity contribution >= 4 is 17.7 Å².